The zero-order valence-electron chi connectivity index (χ0n) is 13.6. The fourth-order valence-corrected chi connectivity index (χ4v) is 3.53. The van der Waals surface area contributed by atoms with Crippen molar-refractivity contribution in [3.63, 3.8) is 0 Å². The highest BCUT2D eigenvalue weighted by atomic mass is 16.4. The number of hydrogen-bond acceptors (Lipinski definition) is 5. The van der Waals surface area contributed by atoms with E-state index in [0.717, 1.165) is 36.8 Å². The van der Waals surface area contributed by atoms with E-state index in [4.69, 9.17) is 4.42 Å². The summed E-state index contributed by atoms with van der Waals surface area (Å²) in [6.07, 6.45) is 2.61. The monoisotopic (exact) mass is 317 g/mol. The first-order valence-electron chi connectivity index (χ1n) is 8.13. The van der Waals surface area contributed by atoms with Crippen LogP contribution in [0.25, 0.3) is 11.0 Å². The highest BCUT2D eigenvalue weighted by Gasteiger charge is 2.26. The van der Waals surface area contributed by atoms with Crippen LogP contribution in [0.3, 0.4) is 0 Å². The molecule has 0 bridgehead atoms. The molecule has 2 aromatic rings. The van der Waals surface area contributed by atoms with Gasteiger partial charge < -0.3 is 14.6 Å². The SMILES string of the molecule is Cc1c(O)ccc2c(CN3CCCC3CC(C)O)cc(=O)oc12. The number of aliphatic hydroxyl groups excluding tert-OH is 1. The van der Waals surface area contributed by atoms with Gasteiger partial charge in [0, 0.05) is 29.6 Å². The van der Waals surface area contributed by atoms with E-state index >= 15 is 0 Å². The molecule has 0 aliphatic carbocycles. The molecule has 0 radical (unpaired) electrons. The smallest absolute Gasteiger partial charge is 0.336 e. The molecule has 2 N–H and O–H groups in total. The summed E-state index contributed by atoms with van der Waals surface area (Å²) in [5.41, 5.74) is 1.56. The summed E-state index contributed by atoms with van der Waals surface area (Å²) in [6, 6.07) is 5.32. The van der Waals surface area contributed by atoms with Gasteiger partial charge in [0.05, 0.1) is 6.10 Å². The predicted molar refractivity (Wildman–Crippen MR) is 88.6 cm³/mol. The molecule has 0 amide bonds. The summed E-state index contributed by atoms with van der Waals surface area (Å²) in [5.74, 6) is 0.131. The minimum Gasteiger partial charge on any atom is -0.508 e. The normalized spacial score (nSPS) is 20.2. The van der Waals surface area contributed by atoms with Crippen molar-refractivity contribution in [3.05, 3.63) is 39.7 Å². The molecular formula is C18H23NO4. The Morgan fingerprint density at radius 1 is 1.43 bits per heavy atom. The van der Waals surface area contributed by atoms with Gasteiger partial charge >= 0.3 is 5.63 Å². The number of fused-ring (bicyclic) bond motifs is 1. The first-order chi connectivity index (χ1) is 11.0. The largest absolute Gasteiger partial charge is 0.508 e. The lowest BCUT2D eigenvalue weighted by Gasteiger charge is -2.26. The van der Waals surface area contributed by atoms with Crippen LogP contribution in [0.2, 0.25) is 0 Å². The molecule has 1 fully saturated rings. The predicted octanol–water partition coefficient (Wildman–Crippen LogP) is 2.54. The van der Waals surface area contributed by atoms with Gasteiger partial charge in [-0.2, -0.15) is 0 Å². The molecule has 2 heterocycles. The standard InChI is InChI=1S/C18H23NO4/c1-11(20)8-14-4-3-7-19(14)10-13-9-17(22)23-18-12(2)16(21)6-5-15(13)18/h5-6,9,11,14,20-21H,3-4,7-8,10H2,1-2H3. The van der Waals surface area contributed by atoms with Crippen molar-refractivity contribution in [2.75, 3.05) is 6.54 Å². The molecule has 2 unspecified atom stereocenters. The van der Waals surface area contributed by atoms with Gasteiger partial charge in [0.25, 0.3) is 0 Å². The molecule has 0 spiro atoms. The number of rotatable bonds is 4. The quantitative estimate of drug-likeness (QED) is 0.848. The topological polar surface area (TPSA) is 73.9 Å². The van der Waals surface area contributed by atoms with E-state index < -0.39 is 5.63 Å². The number of phenolic OH excluding ortho intramolecular Hbond substituents is 1. The maximum Gasteiger partial charge on any atom is 0.336 e. The van der Waals surface area contributed by atoms with Gasteiger partial charge in [-0.25, -0.2) is 4.79 Å². The van der Waals surface area contributed by atoms with E-state index in [1.165, 1.54) is 6.07 Å². The van der Waals surface area contributed by atoms with E-state index in [-0.39, 0.29) is 11.9 Å². The van der Waals surface area contributed by atoms with Gasteiger partial charge in [-0.15, -0.1) is 0 Å². The van der Waals surface area contributed by atoms with Crippen molar-refractivity contribution in [2.45, 2.75) is 51.8 Å². The minimum absolute atomic E-state index is 0.131. The third kappa shape index (κ3) is 3.26. The molecule has 3 rings (SSSR count). The zero-order chi connectivity index (χ0) is 16.6. The molecule has 1 aliphatic rings. The van der Waals surface area contributed by atoms with Crippen LogP contribution >= 0.6 is 0 Å². The van der Waals surface area contributed by atoms with Crippen LogP contribution in [-0.2, 0) is 6.54 Å². The summed E-state index contributed by atoms with van der Waals surface area (Å²) in [4.78, 5) is 14.2. The Kier molecular flexibility index (Phi) is 4.41. The van der Waals surface area contributed by atoms with Gasteiger partial charge in [-0.3, -0.25) is 4.90 Å². The van der Waals surface area contributed by atoms with Gasteiger partial charge in [0.1, 0.15) is 11.3 Å². The molecule has 2 atom stereocenters. The number of aromatic hydroxyl groups is 1. The number of aliphatic hydroxyl groups is 1. The average Bonchev–Trinajstić information content (AvgIpc) is 2.90. The van der Waals surface area contributed by atoms with E-state index in [1.54, 1.807) is 19.1 Å². The van der Waals surface area contributed by atoms with Gasteiger partial charge in [0.2, 0.25) is 0 Å². The number of nitrogens with zero attached hydrogens (tertiary/aromatic N) is 1. The van der Waals surface area contributed by atoms with Crippen LogP contribution in [0.15, 0.2) is 27.4 Å². The first kappa shape index (κ1) is 16.0. The number of hydrogen-bond donors (Lipinski definition) is 2. The first-order valence-corrected chi connectivity index (χ1v) is 8.13. The van der Waals surface area contributed by atoms with Crippen molar-refractivity contribution in [1.82, 2.24) is 4.90 Å². The van der Waals surface area contributed by atoms with Crippen molar-refractivity contribution in [1.29, 1.82) is 0 Å². The highest BCUT2D eigenvalue weighted by Crippen LogP contribution is 2.30. The van der Waals surface area contributed by atoms with Crippen LogP contribution in [0.5, 0.6) is 5.75 Å². The van der Waals surface area contributed by atoms with Crippen molar-refractivity contribution in [3.8, 4) is 5.75 Å². The maximum absolute atomic E-state index is 11.9. The number of likely N-dealkylation sites (tertiary alicyclic amines) is 1. The van der Waals surface area contributed by atoms with Gasteiger partial charge in [0.15, 0.2) is 0 Å². The molecule has 5 heteroatoms. The van der Waals surface area contributed by atoms with E-state index in [0.29, 0.717) is 23.7 Å². The molecule has 1 aromatic carbocycles. The average molecular weight is 317 g/mol. The fraction of sp³-hybridized carbons (Fsp3) is 0.500. The molecule has 0 saturated carbocycles. The molecule has 124 valence electrons. The van der Waals surface area contributed by atoms with Crippen LogP contribution in [0, 0.1) is 6.92 Å². The van der Waals surface area contributed by atoms with Crippen LogP contribution in [0.1, 0.15) is 37.3 Å². The second kappa shape index (κ2) is 6.34. The van der Waals surface area contributed by atoms with Crippen LogP contribution < -0.4 is 5.63 Å². The van der Waals surface area contributed by atoms with Crippen molar-refractivity contribution in [2.24, 2.45) is 0 Å². The third-order valence-electron chi connectivity index (χ3n) is 4.70. The molecule has 23 heavy (non-hydrogen) atoms. The summed E-state index contributed by atoms with van der Waals surface area (Å²) >= 11 is 0. The Morgan fingerprint density at radius 2 is 2.22 bits per heavy atom. The molecule has 5 nitrogen and oxygen atoms in total. The Hall–Kier alpha value is -1.85. The summed E-state index contributed by atoms with van der Waals surface area (Å²) in [5, 5.41) is 20.3. The van der Waals surface area contributed by atoms with Gasteiger partial charge in [-0.05, 0) is 57.4 Å². The highest BCUT2D eigenvalue weighted by molar-refractivity contribution is 5.84. The summed E-state index contributed by atoms with van der Waals surface area (Å²) < 4.78 is 5.30. The van der Waals surface area contributed by atoms with Crippen LogP contribution in [0.4, 0.5) is 0 Å². The molecule has 1 saturated heterocycles. The Labute approximate surface area is 135 Å². The van der Waals surface area contributed by atoms with E-state index in [2.05, 4.69) is 4.90 Å². The second-order valence-corrected chi connectivity index (χ2v) is 6.53. The lowest BCUT2D eigenvalue weighted by Crippen LogP contribution is -2.31. The molecule has 1 aromatic heterocycles. The maximum atomic E-state index is 11.9. The van der Waals surface area contributed by atoms with Gasteiger partial charge in [-0.1, -0.05) is 0 Å². The van der Waals surface area contributed by atoms with Crippen LogP contribution in [-0.4, -0.2) is 33.8 Å². The van der Waals surface area contributed by atoms with E-state index in [1.807, 2.05) is 6.92 Å². The molecule has 1 aliphatic heterocycles. The number of aryl methyl sites for hydroxylation is 1. The Bertz CT molecular complexity index is 765. The Morgan fingerprint density at radius 3 is 2.96 bits per heavy atom. The minimum atomic E-state index is -0.396. The molecular weight excluding hydrogens is 294 g/mol. The fourth-order valence-electron chi connectivity index (χ4n) is 3.53. The second-order valence-electron chi connectivity index (χ2n) is 6.53. The third-order valence-corrected chi connectivity index (χ3v) is 4.70. The number of benzene rings is 1. The summed E-state index contributed by atoms with van der Waals surface area (Å²) in [6.45, 7) is 5.19. The van der Waals surface area contributed by atoms with Crippen molar-refractivity contribution < 1.29 is 14.6 Å². The lowest BCUT2D eigenvalue weighted by molar-refractivity contribution is 0.131. The van der Waals surface area contributed by atoms with E-state index in [9.17, 15) is 15.0 Å². The zero-order valence-corrected chi connectivity index (χ0v) is 13.6. The summed E-state index contributed by atoms with van der Waals surface area (Å²) in [7, 11) is 0. The number of phenols is 1. The van der Waals surface area contributed by atoms with Crippen molar-refractivity contribution >= 4 is 11.0 Å². The Balaban J connectivity index is 1.97. The lowest BCUT2D eigenvalue weighted by atomic mass is 10.0.